The van der Waals surface area contributed by atoms with Gasteiger partial charge in [0.2, 0.25) is 5.78 Å². The van der Waals surface area contributed by atoms with E-state index in [2.05, 4.69) is 9.88 Å². The molecule has 0 unspecified atom stereocenters. The number of benzene rings is 2. The maximum absolute atomic E-state index is 12.8. The van der Waals surface area contributed by atoms with Crippen molar-refractivity contribution in [2.24, 2.45) is 0 Å². The first-order valence-corrected chi connectivity index (χ1v) is 11.7. The molecule has 8 heteroatoms. The number of ketones is 1. The third-order valence-electron chi connectivity index (χ3n) is 4.69. The summed E-state index contributed by atoms with van der Waals surface area (Å²) < 4.78 is 23.5. The van der Waals surface area contributed by atoms with Gasteiger partial charge in [-0.1, -0.05) is 41.1 Å². The Morgan fingerprint density at radius 1 is 1.18 bits per heavy atom. The maximum Gasteiger partial charge on any atom is 0.204 e. The number of hydrogen-bond donors (Lipinski definition) is 0. The van der Waals surface area contributed by atoms with Crippen LogP contribution in [-0.2, 0) is 22.8 Å². The Hall–Kier alpha value is -2.22. The lowest BCUT2D eigenvalue weighted by Gasteiger charge is -2.28. The second kappa shape index (κ2) is 7.31. The number of halogens is 1. The van der Waals surface area contributed by atoms with Gasteiger partial charge < -0.3 is 4.90 Å². The minimum Gasteiger partial charge on any atom is -0.343 e. The molecule has 2 heterocycles. The first-order chi connectivity index (χ1) is 13.3. The van der Waals surface area contributed by atoms with E-state index in [1.54, 1.807) is 18.3 Å². The quantitative estimate of drug-likeness (QED) is 0.583. The summed E-state index contributed by atoms with van der Waals surface area (Å²) in [5.41, 5.74) is 2.80. The summed E-state index contributed by atoms with van der Waals surface area (Å²) in [5, 5.41) is 1.52. The minimum absolute atomic E-state index is 0.134. The molecule has 0 spiro atoms. The van der Waals surface area contributed by atoms with Crippen LogP contribution < -0.4 is 4.90 Å². The number of carbonyl (C=O) groups is 1. The monoisotopic (exact) mass is 432 g/mol. The third kappa shape index (κ3) is 3.83. The van der Waals surface area contributed by atoms with Gasteiger partial charge in [-0.15, -0.1) is 0 Å². The van der Waals surface area contributed by atoms with E-state index in [0.717, 1.165) is 35.9 Å². The molecule has 5 nitrogen and oxygen atoms in total. The highest BCUT2D eigenvalue weighted by Crippen LogP contribution is 2.30. The number of hydrogen-bond acceptors (Lipinski definition) is 6. The van der Waals surface area contributed by atoms with Crippen molar-refractivity contribution in [3.8, 4) is 0 Å². The first-order valence-electron chi connectivity index (χ1n) is 8.64. The Bertz CT molecular complexity index is 1170. The van der Waals surface area contributed by atoms with E-state index in [9.17, 15) is 13.2 Å². The van der Waals surface area contributed by atoms with E-state index in [0.29, 0.717) is 10.4 Å². The molecule has 1 aromatic heterocycles. The molecular formula is C20H17ClN2O3S2. The average Bonchev–Trinajstić information content (AvgIpc) is 3.16. The molecule has 0 fully saturated rings. The Balaban J connectivity index is 1.57. The van der Waals surface area contributed by atoms with Gasteiger partial charge in [0.15, 0.2) is 15.0 Å². The fraction of sp³-hybridized carbons (Fsp3) is 0.200. The lowest BCUT2D eigenvalue weighted by molar-refractivity contribution is 0.104. The molecular weight excluding hydrogens is 416 g/mol. The second-order valence-corrected chi connectivity index (χ2v) is 10.2. The standard InChI is InChI=1S/C20H17ClN2O3S2/c1-28(25,26)17-4-2-3-14(10-17)19(24)18-11-22-20(27-18)23-8-7-13-9-16(21)6-5-15(13)12-23/h2-6,9-11H,7-8,12H2,1H3. The maximum atomic E-state index is 12.8. The number of anilines is 1. The van der Waals surface area contributed by atoms with Gasteiger partial charge in [-0.2, -0.15) is 0 Å². The largest absolute Gasteiger partial charge is 0.343 e. The van der Waals surface area contributed by atoms with Gasteiger partial charge >= 0.3 is 0 Å². The second-order valence-electron chi connectivity index (χ2n) is 6.72. The molecule has 3 aromatic rings. The molecule has 28 heavy (non-hydrogen) atoms. The summed E-state index contributed by atoms with van der Waals surface area (Å²) in [5.74, 6) is -0.224. The van der Waals surface area contributed by atoms with E-state index in [-0.39, 0.29) is 10.7 Å². The number of carbonyl (C=O) groups excluding carboxylic acids is 1. The number of sulfone groups is 1. The zero-order valence-electron chi connectivity index (χ0n) is 15.1. The predicted octanol–water partition coefficient (Wildman–Crippen LogP) is 3.99. The third-order valence-corrected chi connectivity index (χ3v) is 7.09. The molecule has 0 N–H and O–H groups in total. The van der Waals surface area contributed by atoms with Crippen molar-refractivity contribution in [3.05, 3.63) is 75.3 Å². The zero-order chi connectivity index (χ0) is 19.9. The highest BCUT2D eigenvalue weighted by atomic mass is 35.5. The molecule has 1 aliphatic heterocycles. The molecule has 144 valence electrons. The lowest BCUT2D eigenvalue weighted by atomic mass is 10.0. The number of thiazole rings is 1. The van der Waals surface area contributed by atoms with Gasteiger partial charge in [-0.05, 0) is 41.8 Å². The van der Waals surface area contributed by atoms with Crippen LogP contribution >= 0.6 is 22.9 Å². The highest BCUT2D eigenvalue weighted by molar-refractivity contribution is 7.90. The molecule has 0 saturated heterocycles. The van der Waals surface area contributed by atoms with Crippen LogP contribution in [0.2, 0.25) is 5.02 Å². The summed E-state index contributed by atoms with van der Waals surface area (Å²) >= 11 is 7.39. The van der Waals surface area contributed by atoms with Gasteiger partial charge in [0.25, 0.3) is 0 Å². The van der Waals surface area contributed by atoms with E-state index in [1.165, 1.54) is 34.6 Å². The summed E-state index contributed by atoms with van der Waals surface area (Å²) in [6.45, 7) is 1.52. The van der Waals surface area contributed by atoms with Crippen molar-refractivity contribution in [2.45, 2.75) is 17.9 Å². The Labute approximate surface area is 172 Å². The summed E-state index contributed by atoms with van der Waals surface area (Å²) in [7, 11) is -3.37. The van der Waals surface area contributed by atoms with Gasteiger partial charge in [0, 0.05) is 29.9 Å². The van der Waals surface area contributed by atoms with Crippen LogP contribution in [-0.4, -0.2) is 32.0 Å². The van der Waals surface area contributed by atoms with Gasteiger partial charge in [-0.3, -0.25) is 4.79 Å². The van der Waals surface area contributed by atoms with Crippen molar-refractivity contribution in [3.63, 3.8) is 0 Å². The number of nitrogens with zero attached hydrogens (tertiary/aromatic N) is 2. The Morgan fingerprint density at radius 3 is 2.79 bits per heavy atom. The fourth-order valence-electron chi connectivity index (χ4n) is 3.21. The van der Waals surface area contributed by atoms with Crippen molar-refractivity contribution in [2.75, 3.05) is 17.7 Å². The summed E-state index contributed by atoms with van der Waals surface area (Å²) in [6, 6.07) is 12.0. The van der Waals surface area contributed by atoms with E-state index in [4.69, 9.17) is 11.6 Å². The molecule has 0 amide bonds. The fourth-order valence-corrected chi connectivity index (χ4v) is 4.98. The average molecular weight is 433 g/mol. The molecule has 0 atom stereocenters. The van der Waals surface area contributed by atoms with Crippen molar-refractivity contribution in [1.29, 1.82) is 0 Å². The van der Waals surface area contributed by atoms with Gasteiger partial charge in [0.05, 0.1) is 16.0 Å². The molecule has 0 bridgehead atoms. The molecule has 2 aromatic carbocycles. The predicted molar refractivity (Wildman–Crippen MR) is 111 cm³/mol. The van der Waals surface area contributed by atoms with Gasteiger partial charge in [0.1, 0.15) is 0 Å². The summed E-state index contributed by atoms with van der Waals surface area (Å²) in [6.07, 6.45) is 3.56. The summed E-state index contributed by atoms with van der Waals surface area (Å²) in [4.78, 5) is 20.0. The molecule has 4 rings (SSSR count). The first kappa shape index (κ1) is 19.1. The number of aromatic nitrogens is 1. The number of fused-ring (bicyclic) bond motifs is 1. The Kier molecular flexibility index (Phi) is 4.99. The lowest BCUT2D eigenvalue weighted by Crippen LogP contribution is -2.30. The number of rotatable bonds is 4. The smallest absolute Gasteiger partial charge is 0.204 e. The Morgan fingerprint density at radius 2 is 2.00 bits per heavy atom. The van der Waals surface area contributed by atoms with Crippen LogP contribution in [0.4, 0.5) is 5.13 Å². The van der Waals surface area contributed by atoms with Crippen LogP contribution in [0, 0.1) is 0 Å². The minimum atomic E-state index is -3.37. The van der Waals surface area contributed by atoms with Crippen molar-refractivity contribution < 1.29 is 13.2 Å². The van der Waals surface area contributed by atoms with E-state index >= 15 is 0 Å². The molecule has 0 saturated carbocycles. The zero-order valence-corrected chi connectivity index (χ0v) is 17.4. The highest BCUT2D eigenvalue weighted by Gasteiger charge is 2.21. The van der Waals surface area contributed by atoms with Crippen LogP contribution in [0.1, 0.15) is 26.4 Å². The van der Waals surface area contributed by atoms with E-state index in [1.807, 2.05) is 18.2 Å². The van der Waals surface area contributed by atoms with Crippen molar-refractivity contribution >= 4 is 43.7 Å². The van der Waals surface area contributed by atoms with Crippen LogP contribution in [0.5, 0.6) is 0 Å². The van der Waals surface area contributed by atoms with Crippen LogP contribution in [0.15, 0.2) is 53.6 Å². The van der Waals surface area contributed by atoms with Gasteiger partial charge in [-0.25, -0.2) is 13.4 Å². The normalized spacial score (nSPS) is 14.0. The van der Waals surface area contributed by atoms with Crippen LogP contribution in [0.3, 0.4) is 0 Å². The van der Waals surface area contributed by atoms with Crippen molar-refractivity contribution in [1.82, 2.24) is 4.98 Å². The molecule has 0 aliphatic carbocycles. The van der Waals surface area contributed by atoms with Crippen LogP contribution in [0.25, 0.3) is 0 Å². The topological polar surface area (TPSA) is 67.3 Å². The molecule has 0 radical (unpaired) electrons. The molecule has 1 aliphatic rings. The SMILES string of the molecule is CS(=O)(=O)c1cccc(C(=O)c2cnc(N3CCc4cc(Cl)ccc4C3)s2)c1. The van der Waals surface area contributed by atoms with E-state index < -0.39 is 9.84 Å².